The van der Waals surface area contributed by atoms with Gasteiger partial charge in [-0.05, 0) is 18.6 Å². The van der Waals surface area contributed by atoms with E-state index in [-0.39, 0.29) is 30.9 Å². The summed E-state index contributed by atoms with van der Waals surface area (Å²) in [6, 6.07) is 8.65. The Bertz CT molecular complexity index is 789. The molecule has 1 amide bonds. The predicted molar refractivity (Wildman–Crippen MR) is 124 cm³/mol. The number of nitrogens with one attached hydrogen (secondary N) is 2. The van der Waals surface area contributed by atoms with E-state index in [0.29, 0.717) is 11.9 Å². The van der Waals surface area contributed by atoms with Crippen molar-refractivity contribution in [3.05, 3.63) is 24.3 Å². The molecule has 0 radical (unpaired) electrons. The fourth-order valence-corrected chi connectivity index (χ4v) is 5.33. The number of anilines is 1. The molecular formula is C19H28Cl2N6OS. The van der Waals surface area contributed by atoms with Crippen LogP contribution in [0.1, 0.15) is 6.42 Å². The number of aromatic nitrogens is 2. The highest BCUT2D eigenvalue weighted by molar-refractivity contribution is 7.99. The minimum Gasteiger partial charge on any atom is -0.340 e. The van der Waals surface area contributed by atoms with Gasteiger partial charge in [0, 0.05) is 51.1 Å². The molecule has 0 saturated carbocycles. The monoisotopic (exact) mass is 458 g/mol. The minimum atomic E-state index is 0. The van der Waals surface area contributed by atoms with E-state index >= 15 is 0 Å². The summed E-state index contributed by atoms with van der Waals surface area (Å²) in [5, 5.41) is 3.47. The van der Waals surface area contributed by atoms with Crippen LogP contribution in [0.2, 0.25) is 0 Å². The van der Waals surface area contributed by atoms with Gasteiger partial charge in [-0.3, -0.25) is 9.69 Å². The quantitative estimate of drug-likeness (QED) is 0.730. The Morgan fingerprint density at radius 2 is 1.90 bits per heavy atom. The number of halogens is 2. The van der Waals surface area contributed by atoms with Crippen LogP contribution in [0.5, 0.6) is 0 Å². The molecule has 2 atom stereocenters. The lowest BCUT2D eigenvalue weighted by atomic mass is 10.1. The van der Waals surface area contributed by atoms with Crippen molar-refractivity contribution in [1.82, 2.24) is 25.1 Å². The molecular weight excluding hydrogens is 431 g/mol. The van der Waals surface area contributed by atoms with Crippen molar-refractivity contribution in [3.63, 3.8) is 0 Å². The Morgan fingerprint density at radius 1 is 1.10 bits per heavy atom. The van der Waals surface area contributed by atoms with Gasteiger partial charge in [-0.25, -0.2) is 4.98 Å². The first-order valence-corrected chi connectivity index (χ1v) is 11.0. The summed E-state index contributed by atoms with van der Waals surface area (Å²) in [4.78, 5) is 27.6. The van der Waals surface area contributed by atoms with Crippen LogP contribution in [0, 0.1) is 0 Å². The van der Waals surface area contributed by atoms with Crippen LogP contribution in [0.3, 0.4) is 0 Å². The van der Waals surface area contributed by atoms with Gasteiger partial charge in [-0.15, -0.1) is 36.6 Å². The van der Waals surface area contributed by atoms with Crippen molar-refractivity contribution in [2.24, 2.45) is 0 Å². The van der Waals surface area contributed by atoms with E-state index in [1.165, 1.54) is 0 Å². The minimum absolute atomic E-state index is 0. The van der Waals surface area contributed by atoms with Crippen LogP contribution >= 0.6 is 36.6 Å². The number of nitrogens with zero attached hydrogens (tertiary/aromatic N) is 4. The fourth-order valence-electron chi connectivity index (χ4n) is 4.38. The number of hydrogen-bond acceptors (Lipinski definition) is 6. The number of piperazine rings is 1. The maximum atomic E-state index is 12.6. The number of amides is 1. The number of hydrogen-bond donors (Lipinski definition) is 2. The van der Waals surface area contributed by atoms with Gasteiger partial charge in [0.15, 0.2) is 0 Å². The fraction of sp³-hybridized carbons (Fsp3) is 0.579. The molecule has 3 saturated heterocycles. The molecule has 160 valence electrons. The molecule has 0 spiro atoms. The maximum Gasteiger partial charge on any atom is 0.240 e. The van der Waals surface area contributed by atoms with E-state index in [4.69, 9.17) is 4.98 Å². The Balaban J connectivity index is 0.00000120. The zero-order chi connectivity index (χ0) is 18.2. The number of para-hydroxylation sites is 2. The summed E-state index contributed by atoms with van der Waals surface area (Å²) in [5.74, 6) is 3.20. The third-order valence-corrected chi connectivity index (χ3v) is 6.94. The third kappa shape index (κ3) is 4.61. The molecule has 0 aliphatic carbocycles. The zero-order valence-corrected chi connectivity index (χ0v) is 18.7. The van der Waals surface area contributed by atoms with Crippen LogP contribution < -0.4 is 10.2 Å². The molecule has 10 heteroatoms. The van der Waals surface area contributed by atoms with E-state index in [0.717, 1.165) is 74.3 Å². The molecule has 1 aromatic heterocycles. The predicted octanol–water partition coefficient (Wildman–Crippen LogP) is 1.79. The molecule has 2 N–H and O–H groups in total. The first-order chi connectivity index (χ1) is 13.3. The number of imidazole rings is 1. The summed E-state index contributed by atoms with van der Waals surface area (Å²) in [6.45, 7) is 5.80. The summed E-state index contributed by atoms with van der Waals surface area (Å²) in [6.07, 6.45) is 0.935. The van der Waals surface area contributed by atoms with Crippen LogP contribution in [0.4, 0.5) is 5.95 Å². The van der Waals surface area contributed by atoms with Crippen LogP contribution in [-0.4, -0.2) is 88.7 Å². The largest absolute Gasteiger partial charge is 0.340 e. The Morgan fingerprint density at radius 3 is 2.62 bits per heavy atom. The number of rotatable bonds is 3. The number of carbonyl (C=O) groups is 1. The standard InChI is InChI=1S/C19H26N6OS.2ClH/c26-18(25-9-10-27-13-25)17-11-14(12-20-17)23-5-7-24(8-6-23)19-21-15-3-1-2-4-16(15)22-19;;/h1-4,14,17,20H,5-13H2,(H,21,22);2*1H/t14-,17-;;/m0../s1. The van der Waals surface area contributed by atoms with Gasteiger partial charge in [0.2, 0.25) is 11.9 Å². The lowest BCUT2D eigenvalue weighted by Crippen LogP contribution is -2.51. The van der Waals surface area contributed by atoms with E-state index in [2.05, 4.69) is 26.2 Å². The van der Waals surface area contributed by atoms with Crippen molar-refractivity contribution in [2.75, 3.05) is 55.8 Å². The second kappa shape index (κ2) is 9.75. The summed E-state index contributed by atoms with van der Waals surface area (Å²) in [7, 11) is 0. The molecule has 2 aromatic rings. The van der Waals surface area contributed by atoms with Crippen molar-refractivity contribution >= 4 is 59.5 Å². The molecule has 3 fully saturated rings. The number of carbonyl (C=O) groups excluding carboxylic acids is 1. The Kier molecular flexibility index (Phi) is 7.56. The molecule has 7 nitrogen and oxygen atoms in total. The molecule has 3 aliphatic rings. The highest BCUT2D eigenvalue weighted by Crippen LogP contribution is 2.23. The average molecular weight is 459 g/mol. The van der Waals surface area contributed by atoms with E-state index in [9.17, 15) is 4.79 Å². The normalized spacial score (nSPS) is 25.1. The van der Waals surface area contributed by atoms with Crippen molar-refractivity contribution in [1.29, 1.82) is 0 Å². The first kappa shape index (κ1) is 22.5. The molecule has 1 aromatic carbocycles. The molecule has 0 unspecified atom stereocenters. The van der Waals surface area contributed by atoms with Crippen LogP contribution in [-0.2, 0) is 4.79 Å². The number of thioether (sulfide) groups is 1. The van der Waals surface area contributed by atoms with E-state index in [1.54, 1.807) is 0 Å². The highest BCUT2D eigenvalue weighted by atomic mass is 35.5. The highest BCUT2D eigenvalue weighted by Gasteiger charge is 2.36. The van der Waals surface area contributed by atoms with Crippen molar-refractivity contribution in [3.8, 4) is 0 Å². The smallest absolute Gasteiger partial charge is 0.240 e. The third-order valence-electron chi connectivity index (χ3n) is 5.98. The van der Waals surface area contributed by atoms with Crippen LogP contribution in [0.25, 0.3) is 11.0 Å². The maximum absolute atomic E-state index is 12.6. The van der Waals surface area contributed by atoms with Gasteiger partial charge >= 0.3 is 0 Å². The number of H-pyrrole nitrogens is 1. The van der Waals surface area contributed by atoms with Crippen LogP contribution in [0.15, 0.2) is 24.3 Å². The van der Waals surface area contributed by atoms with E-state index < -0.39 is 0 Å². The van der Waals surface area contributed by atoms with Gasteiger partial charge in [-0.2, -0.15) is 0 Å². The van der Waals surface area contributed by atoms with E-state index in [1.807, 2.05) is 34.9 Å². The second-order valence-electron chi connectivity index (χ2n) is 7.59. The number of fused-ring (bicyclic) bond motifs is 1. The SMILES string of the molecule is Cl.Cl.O=C([C@@H]1C[C@H](N2CCN(c3nc4ccccc4[nH]3)CC2)CN1)N1CCSC1. The number of aromatic amines is 1. The molecule has 4 heterocycles. The zero-order valence-electron chi connectivity index (χ0n) is 16.2. The Hall–Kier alpha value is -1.19. The number of benzene rings is 1. The van der Waals surface area contributed by atoms with Crippen molar-refractivity contribution < 1.29 is 4.79 Å². The van der Waals surface area contributed by atoms with Gasteiger partial charge in [0.1, 0.15) is 0 Å². The van der Waals surface area contributed by atoms with Crippen molar-refractivity contribution in [2.45, 2.75) is 18.5 Å². The summed E-state index contributed by atoms with van der Waals surface area (Å²) in [5.41, 5.74) is 2.12. The molecule has 3 aliphatic heterocycles. The molecule has 0 bridgehead atoms. The second-order valence-corrected chi connectivity index (χ2v) is 8.66. The first-order valence-electron chi connectivity index (χ1n) is 9.81. The van der Waals surface area contributed by atoms with Gasteiger partial charge < -0.3 is 20.1 Å². The van der Waals surface area contributed by atoms with Gasteiger partial charge in [-0.1, -0.05) is 12.1 Å². The summed E-state index contributed by atoms with van der Waals surface area (Å²) < 4.78 is 0. The average Bonchev–Trinajstić information content (AvgIpc) is 3.48. The lowest BCUT2D eigenvalue weighted by Gasteiger charge is -2.37. The van der Waals surface area contributed by atoms with Gasteiger partial charge in [0.25, 0.3) is 0 Å². The van der Waals surface area contributed by atoms with Gasteiger partial charge in [0.05, 0.1) is 23.0 Å². The lowest BCUT2D eigenvalue weighted by molar-refractivity contribution is -0.131. The Labute approximate surface area is 187 Å². The molecule has 29 heavy (non-hydrogen) atoms. The topological polar surface area (TPSA) is 67.5 Å². The summed E-state index contributed by atoms with van der Waals surface area (Å²) >= 11 is 1.85. The molecule has 5 rings (SSSR count).